The molecule has 1 heterocycles. The van der Waals surface area contributed by atoms with Gasteiger partial charge in [0.1, 0.15) is 5.82 Å². The van der Waals surface area contributed by atoms with Gasteiger partial charge in [0.25, 0.3) is 0 Å². The highest BCUT2D eigenvalue weighted by molar-refractivity contribution is 6.30. The number of hydrogen-bond donors (Lipinski definition) is 1. The van der Waals surface area contributed by atoms with E-state index in [9.17, 15) is 9.18 Å². The Morgan fingerprint density at radius 3 is 2.82 bits per heavy atom. The Morgan fingerprint density at radius 2 is 2.24 bits per heavy atom. The first kappa shape index (κ1) is 11.6. The smallest absolute Gasteiger partial charge is 0.339 e. The van der Waals surface area contributed by atoms with Crippen molar-refractivity contribution < 1.29 is 9.18 Å². The van der Waals surface area contributed by atoms with Crippen molar-refractivity contribution in [2.24, 2.45) is 5.73 Å². The number of hydrogen-bond acceptors (Lipinski definition) is 2. The molecule has 2 N–H and O–H groups in total. The minimum Gasteiger partial charge on any atom is -0.350 e. The van der Waals surface area contributed by atoms with Gasteiger partial charge in [0.2, 0.25) is 0 Å². The van der Waals surface area contributed by atoms with E-state index in [4.69, 9.17) is 17.3 Å². The van der Waals surface area contributed by atoms with Gasteiger partial charge in [0.15, 0.2) is 0 Å². The molecule has 1 aromatic carbocycles. The first-order chi connectivity index (χ1) is 8.06. The van der Waals surface area contributed by atoms with E-state index in [0.29, 0.717) is 6.42 Å². The van der Waals surface area contributed by atoms with Crippen LogP contribution in [0, 0.1) is 5.82 Å². The van der Waals surface area contributed by atoms with Crippen molar-refractivity contribution in [1.82, 2.24) is 9.78 Å². The highest BCUT2D eigenvalue weighted by Gasteiger charge is 2.05. The highest BCUT2D eigenvalue weighted by Crippen LogP contribution is 2.17. The number of carbonyl (C=O) groups is 1. The van der Waals surface area contributed by atoms with Gasteiger partial charge < -0.3 is 5.73 Å². The minimum absolute atomic E-state index is 0.0848. The Morgan fingerprint density at radius 1 is 1.47 bits per heavy atom. The SMILES string of the molecule is NC(=O)n1cc(Cc2ccc(Cl)c(F)c2)cn1. The monoisotopic (exact) mass is 253 g/mol. The summed E-state index contributed by atoms with van der Waals surface area (Å²) < 4.78 is 14.2. The second-order valence-electron chi connectivity index (χ2n) is 3.56. The third kappa shape index (κ3) is 2.62. The molecule has 6 heteroatoms. The number of primary amides is 1. The Kier molecular flexibility index (Phi) is 3.10. The number of benzene rings is 1. The number of rotatable bonds is 2. The number of nitrogens with two attached hydrogens (primary N) is 1. The summed E-state index contributed by atoms with van der Waals surface area (Å²) in [6.45, 7) is 0. The lowest BCUT2D eigenvalue weighted by atomic mass is 10.1. The molecule has 0 aliphatic rings. The van der Waals surface area contributed by atoms with Gasteiger partial charge in [0, 0.05) is 12.6 Å². The predicted molar refractivity (Wildman–Crippen MR) is 61.4 cm³/mol. The van der Waals surface area contributed by atoms with Gasteiger partial charge in [-0.3, -0.25) is 0 Å². The van der Waals surface area contributed by atoms with Crippen LogP contribution < -0.4 is 5.73 Å². The Labute approximate surface area is 102 Å². The molecule has 88 valence electrons. The molecule has 0 radical (unpaired) electrons. The number of nitrogens with zero attached hydrogens (tertiary/aromatic N) is 2. The Bertz CT molecular complexity index is 568. The topological polar surface area (TPSA) is 60.9 Å². The van der Waals surface area contributed by atoms with Crippen molar-refractivity contribution >= 4 is 17.6 Å². The minimum atomic E-state index is -0.654. The van der Waals surface area contributed by atoms with Gasteiger partial charge in [-0.1, -0.05) is 17.7 Å². The van der Waals surface area contributed by atoms with Crippen molar-refractivity contribution in [3.05, 3.63) is 52.6 Å². The normalized spacial score (nSPS) is 10.5. The average Bonchev–Trinajstić information content (AvgIpc) is 2.72. The van der Waals surface area contributed by atoms with E-state index in [1.165, 1.54) is 24.5 Å². The summed E-state index contributed by atoms with van der Waals surface area (Å²) in [5.41, 5.74) is 6.56. The third-order valence-electron chi connectivity index (χ3n) is 2.25. The zero-order valence-corrected chi connectivity index (χ0v) is 9.49. The van der Waals surface area contributed by atoms with Crippen molar-refractivity contribution in [2.45, 2.75) is 6.42 Å². The number of aromatic nitrogens is 2. The van der Waals surface area contributed by atoms with Crippen LogP contribution in [0.3, 0.4) is 0 Å². The van der Waals surface area contributed by atoms with E-state index in [2.05, 4.69) is 5.10 Å². The van der Waals surface area contributed by atoms with Crippen LogP contribution in [0.1, 0.15) is 11.1 Å². The number of amides is 1. The highest BCUT2D eigenvalue weighted by atomic mass is 35.5. The summed E-state index contributed by atoms with van der Waals surface area (Å²) in [6, 6.07) is 3.90. The summed E-state index contributed by atoms with van der Waals surface area (Å²) in [7, 11) is 0. The fourth-order valence-corrected chi connectivity index (χ4v) is 1.57. The van der Waals surface area contributed by atoms with Gasteiger partial charge in [0.05, 0.1) is 11.2 Å². The van der Waals surface area contributed by atoms with Crippen LogP contribution in [0.4, 0.5) is 9.18 Å². The molecule has 0 bridgehead atoms. The summed E-state index contributed by atoms with van der Waals surface area (Å²) >= 11 is 5.58. The fourth-order valence-electron chi connectivity index (χ4n) is 1.46. The Balaban J connectivity index is 2.19. The lowest BCUT2D eigenvalue weighted by Gasteiger charge is -2.00. The molecule has 17 heavy (non-hydrogen) atoms. The van der Waals surface area contributed by atoms with Crippen molar-refractivity contribution in [3.63, 3.8) is 0 Å². The standard InChI is InChI=1S/C11H9ClFN3O/c12-9-2-1-7(4-10(9)13)3-8-5-15-16(6-8)11(14)17/h1-2,4-6H,3H2,(H2,14,17). The molecule has 0 aliphatic carbocycles. The van der Waals surface area contributed by atoms with Gasteiger partial charge >= 0.3 is 6.03 Å². The zero-order chi connectivity index (χ0) is 12.4. The first-order valence-corrected chi connectivity index (χ1v) is 5.21. The molecule has 1 amide bonds. The van der Waals surface area contributed by atoms with E-state index < -0.39 is 11.8 Å². The molecule has 2 rings (SSSR count). The molecule has 4 nitrogen and oxygen atoms in total. The summed E-state index contributed by atoms with van der Waals surface area (Å²) in [5.74, 6) is -0.466. The maximum Gasteiger partial charge on any atom is 0.339 e. The van der Waals surface area contributed by atoms with Crippen LogP contribution in [0.15, 0.2) is 30.6 Å². The lowest BCUT2D eigenvalue weighted by molar-refractivity contribution is 0.247. The van der Waals surface area contributed by atoms with Gasteiger partial charge in [-0.05, 0) is 23.3 Å². The van der Waals surface area contributed by atoms with E-state index in [1.807, 2.05) is 0 Å². The maximum atomic E-state index is 13.2. The molecule has 0 fully saturated rings. The van der Waals surface area contributed by atoms with E-state index >= 15 is 0 Å². The number of halogens is 2. The van der Waals surface area contributed by atoms with Crippen LogP contribution in [-0.4, -0.2) is 15.8 Å². The number of carbonyl (C=O) groups excluding carboxylic acids is 1. The molecule has 0 spiro atoms. The Hall–Kier alpha value is -1.88. The van der Waals surface area contributed by atoms with E-state index in [1.54, 1.807) is 6.07 Å². The molecule has 0 saturated heterocycles. The molecule has 0 saturated carbocycles. The fraction of sp³-hybridized carbons (Fsp3) is 0.0909. The summed E-state index contributed by atoms with van der Waals surface area (Å²) in [5, 5.41) is 3.86. The second-order valence-corrected chi connectivity index (χ2v) is 3.96. The van der Waals surface area contributed by atoms with Crippen molar-refractivity contribution in [3.8, 4) is 0 Å². The van der Waals surface area contributed by atoms with Gasteiger partial charge in [-0.2, -0.15) is 9.78 Å². The molecule has 0 atom stereocenters. The quantitative estimate of drug-likeness (QED) is 0.892. The van der Waals surface area contributed by atoms with Crippen LogP contribution in [0.25, 0.3) is 0 Å². The van der Waals surface area contributed by atoms with Crippen LogP contribution in [0.2, 0.25) is 5.02 Å². The van der Waals surface area contributed by atoms with Crippen LogP contribution >= 0.6 is 11.6 Å². The van der Waals surface area contributed by atoms with E-state index in [0.717, 1.165) is 15.8 Å². The van der Waals surface area contributed by atoms with Crippen molar-refractivity contribution in [1.29, 1.82) is 0 Å². The van der Waals surface area contributed by atoms with Crippen molar-refractivity contribution in [2.75, 3.05) is 0 Å². The molecular weight excluding hydrogens is 245 g/mol. The second kappa shape index (κ2) is 4.55. The first-order valence-electron chi connectivity index (χ1n) is 4.83. The molecule has 1 aromatic heterocycles. The molecule has 0 aliphatic heterocycles. The largest absolute Gasteiger partial charge is 0.350 e. The maximum absolute atomic E-state index is 13.2. The summed E-state index contributed by atoms with van der Waals surface area (Å²) in [4.78, 5) is 10.8. The molecule has 2 aromatic rings. The predicted octanol–water partition coefficient (Wildman–Crippen LogP) is 2.19. The lowest BCUT2D eigenvalue weighted by Crippen LogP contribution is -2.19. The third-order valence-corrected chi connectivity index (χ3v) is 2.56. The summed E-state index contributed by atoms with van der Waals surface area (Å²) in [6.07, 6.45) is 3.48. The zero-order valence-electron chi connectivity index (χ0n) is 8.73. The van der Waals surface area contributed by atoms with Crippen LogP contribution in [0.5, 0.6) is 0 Å². The van der Waals surface area contributed by atoms with E-state index in [-0.39, 0.29) is 5.02 Å². The van der Waals surface area contributed by atoms with Crippen LogP contribution in [-0.2, 0) is 6.42 Å². The average molecular weight is 254 g/mol. The van der Waals surface area contributed by atoms with Gasteiger partial charge in [-0.15, -0.1) is 0 Å². The van der Waals surface area contributed by atoms with Gasteiger partial charge in [-0.25, -0.2) is 9.18 Å². The molecule has 0 unspecified atom stereocenters. The molecular formula is C11H9ClFN3O.